The Bertz CT molecular complexity index is 1300. The summed E-state index contributed by atoms with van der Waals surface area (Å²) in [5.41, 5.74) is 0. The maximum absolute atomic E-state index is 13.0. The molecule has 1 aliphatic heterocycles. The minimum Gasteiger partial charge on any atom is -0.394 e. The van der Waals surface area contributed by atoms with Crippen molar-refractivity contribution in [3.63, 3.8) is 0 Å². The summed E-state index contributed by atoms with van der Waals surface area (Å²) in [6, 6.07) is -0.834. The maximum Gasteiger partial charge on any atom is 0.220 e. The number of hydrogen-bond donors (Lipinski definition) is 6. The van der Waals surface area contributed by atoms with E-state index in [1.807, 2.05) is 6.08 Å². The van der Waals surface area contributed by atoms with Gasteiger partial charge in [0.2, 0.25) is 5.91 Å². The lowest BCUT2D eigenvalue weighted by atomic mass is 9.99. The topological polar surface area (TPSA) is 149 Å². The van der Waals surface area contributed by atoms with E-state index in [9.17, 15) is 30.3 Å². The van der Waals surface area contributed by atoms with Gasteiger partial charge in [0.15, 0.2) is 6.29 Å². The van der Waals surface area contributed by atoms with Crippen LogP contribution in [0.25, 0.3) is 0 Å². The van der Waals surface area contributed by atoms with Gasteiger partial charge < -0.3 is 40.3 Å². The molecular formula is C57H99NO8. The van der Waals surface area contributed by atoms with Crippen LogP contribution in [0.15, 0.2) is 85.1 Å². The van der Waals surface area contributed by atoms with E-state index in [0.717, 1.165) is 70.6 Å². The summed E-state index contributed by atoms with van der Waals surface area (Å²) in [5.74, 6) is -0.221. The van der Waals surface area contributed by atoms with Crippen molar-refractivity contribution in [2.75, 3.05) is 13.2 Å². The summed E-state index contributed by atoms with van der Waals surface area (Å²) >= 11 is 0. The van der Waals surface area contributed by atoms with Crippen LogP contribution in [0.4, 0.5) is 0 Å². The van der Waals surface area contributed by atoms with Crippen molar-refractivity contribution in [1.29, 1.82) is 0 Å². The van der Waals surface area contributed by atoms with Crippen molar-refractivity contribution in [2.45, 2.75) is 256 Å². The largest absolute Gasteiger partial charge is 0.394 e. The molecule has 0 bridgehead atoms. The zero-order chi connectivity index (χ0) is 48.0. The van der Waals surface area contributed by atoms with Crippen molar-refractivity contribution < 1.29 is 39.8 Å². The van der Waals surface area contributed by atoms with Crippen molar-refractivity contribution in [2.24, 2.45) is 0 Å². The average molecular weight is 926 g/mol. The minimum absolute atomic E-state index is 0.211. The van der Waals surface area contributed by atoms with Gasteiger partial charge in [0.1, 0.15) is 24.4 Å². The second kappa shape index (κ2) is 46.1. The third-order valence-electron chi connectivity index (χ3n) is 12.2. The number of amides is 1. The Labute approximate surface area is 403 Å². The predicted octanol–water partition coefficient (Wildman–Crippen LogP) is 12.7. The number of carbonyl (C=O) groups is 1. The maximum atomic E-state index is 13.0. The van der Waals surface area contributed by atoms with E-state index < -0.39 is 49.5 Å². The van der Waals surface area contributed by atoms with Gasteiger partial charge in [-0.1, -0.05) is 221 Å². The number of unbranched alkanes of at least 4 members (excludes halogenated alkanes) is 22. The highest BCUT2D eigenvalue weighted by Crippen LogP contribution is 2.23. The van der Waals surface area contributed by atoms with Gasteiger partial charge in [-0.2, -0.15) is 0 Å². The molecule has 380 valence electrons. The van der Waals surface area contributed by atoms with Crippen LogP contribution in [-0.2, 0) is 14.3 Å². The first-order valence-electron chi connectivity index (χ1n) is 26.8. The molecule has 6 N–H and O–H groups in total. The summed E-state index contributed by atoms with van der Waals surface area (Å²) in [6.45, 7) is 3.64. The summed E-state index contributed by atoms with van der Waals surface area (Å²) in [4.78, 5) is 13.0. The minimum atomic E-state index is -1.58. The van der Waals surface area contributed by atoms with Crippen molar-refractivity contribution >= 4 is 5.91 Å². The summed E-state index contributed by atoms with van der Waals surface area (Å²) < 4.78 is 11.2. The lowest BCUT2D eigenvalue weighted by Crippen LogP contribution is -2.60. The standard InChI is InChI=1S/C57H99NO8/c1-3-5-7-9-11-13-15-17-19-21-23-25-27-28-30-32-34-36-38-40-42-44-46-51(60)50(49-65-57-56(64)55(63)54(62)52(48-59)66-57)58-53(61)47-45-43-41-39-37-35-33-31-29-26-24-22-20-18-16-14-12-10-8-6-4-2/h6,8,12,14,18,20,24,26,31,33,37,39,44,46,50-52,54-57,59-60,62-64H,3-5,7,9-11,13,15-17,19,21-23,25,27-30,32,34-36,38,40-43,45,47-49H2,1-2H3,(H,58,61)/b8-6-,14-12-,20-18-,26-24-,33-31-,39-37-,46-44+. The lowest BCUT2D eigenvalue weighted by molar-refractivity contribution is -0.302. The molecule has 0 spiro atoms. The molecule has 1 heterocycles. The molecule has 0 aromatic carbocycles. The predicted molar refractivity (Wildman–Crippen MR) is 276 cm³/mol. The van der Waals surface area contributed by atoms with Crippen LogP contribution in [-0.4, -0.2) is 87.5 Å². The van der Waals surface area contributed by atoms with Gasteiger partial charge in [0, 0.05) is 6.42 Å². The molecule has 1 rings (SSSR count). The Morgan fingerprint density at radius 3 is 1.39 bits per heavy atom. The molecular weight excluding hydrogens is 827 g/mol. The second-order valence-corrected chi connectivity index (χ2v) is 18.3. The molecule has 9 nitrogen and oxygen atoms in total. The fourth-order valence-electron chi connectivity index (χ4n) is 7.98. The summed E-state index contributed by atoms with van der Waals surface area (Å²) in [5, 5.41) is 54.4. The molecule has 0 radical (unpaired) electrons. The molecule has 0 aromatic heterocycles. The van der Waals surface area contributed by atoms with Crippen molar-refractivity contribution in [1.82, 2.24) is 5.32 Å². The van der Waals surface area contributed by atoms with Gasteiger partial charge in [-0.25, -0.2) is 0 Å². The number of ether oxygens (including phenoxy) is 2. The van der Waals surface area contributed by atoms with E-state index >= 15 is 0 Å². The zero-order valence-electron chi connectivity index (χ0n) is 41.9. The third kappa shape index (κ3) is 35.5. The number of rotatable bonds is 44. The van der Waals surface area contributed by atoms with Crippen molar-refractivity contribution in [3.8, 4) is 0 Å². The molecule has 1 amide bonds. The van der Waals surface area contributed by atoms with Gasteiger partial charge in [0.05, 0.1) is 25.4 Å². The van der Waals surface area contributed by atoms with Gasteiger partial charge in [-0.3, -0.25) is 4.79 Å². The number of aliphatic hydroxyl groups is 5. The lowest BCUT2D eigenvalue weighted by Gasteiger charge is -2.40. The first-order chi connectivity index (χ1) is 32.3. The Morgan fingerprint density at radius 1 is 0.530 bits per heavy atom. The van der Waals surface area contributed by atoms with Crippen LogP contribution >= 0.6 is 0 Å². The highest BCUT2D eigenvalue weighted by Gasteiger charge is 2.44. The zero-order valence-corrected chi connectivity index (χ0v) is 41.9. The van der Waals surface area contributed by atoms with Gasteiger partial charge >= 0.3 is 0 Å². The first-order valence-corrected chi connectivity index (χ1v) is 26.8. The Morgan fingerprint density at radius 2 is 0.939 bits per heavy atom. The van der Waals surface area contributed by atoms with E-state index in [1.165, 1.54) is 116 Å². The van der Waals surface area contributed by atoms with Crippen LogP contribution in [0.2, 0.25) is 0 Å². The van der Waals surface area contributed by atoms with Crippen molar-refractivity contribution in [3.05, 3.63) is 85.1 Å². The molecule has 9 heteroatoms. The van der Waals surface area contributed by atoms with Crippen LogP contribution in [0.1, 0.15) is 213 Å². The Hall–Kier alpha value is -2.63. The second-order valence-electron chi connectivity index (χ2n) is 18.3. The molecule has 0 aromatic rings. The molecule has 66 heavy (non-hydrogen) atoms. The number of allylic oxidation sites excluding steroid dienone is 13. The first kappa shape index (κ1) is 61.4. The number of hydrogen-bond acceptors (Lipinski definition) is 8. The summed E-state index contributed by atoms with van der Waals surface area (Å²) in [7, 11) is 0. The van der Waals surface area contributed by atoms with Gasteiger partial charge in [-0.05, 0) is 70.6 Å². The molecule has 7 atom stereocenters. The number of carbonyl (C=O) groups excluding carboxylic acids is 1. The van der Waals surface area contributed by atoms with Crippen LogP contribution < -0.4 is 5.32 Å². The molecule has 0 aliphatic carbocycles. The van der Waals surface area contributed by atoms with Crippen LogP contribution in [0, 0.1) is 0 Å². The molecule has 1 aliphatic rings. The van der Waals surface area contributed by atoms with E-state index in [2.05, 4.69) is 92.1 Å². The highest BCUT2D eigenvalue weighted by molar-refractivity contribution is 5.76. The average Bonchev–Trinajstić information content (AvgIpc) is 3.32. The quantitative estimate of drug-likeness (QED) is 0.0261. The monoisotopic (exact) mass is 926 g/mol. The third-order valence-corrected chi connectivity index (χ3v) is 12.2. The van der Waals surface area contributed by atoms with E-state index in [4.69, 9.17) is 9.47 Å². The Kier molecular flexibility index (Phi) is 42.9. The molecule has 1 saturated heterocycles. The Balaban J connectivity index is 2.33. The molecule has 7 unspecified atom stereocenters. The van der Waals surface area contributed by atoms with Gasteiger partial charge in [-0.15, -0.1) is 0 Å². The van der Waals surface area contributed by atoms with Crippen LogP contribution in [0.5, 0.6) is 0 Å². The molecule has 1 fully saturated rings. The van der Waals surface area contributed by atoms with E-state index in [-0.39, 0.29) is 18.9 Å². The normalized spacial score (nSPS) is 20.5. The number of aliphatic hydroxyl groups excluding tert-OH is 5. The van der Waals surface area contributed by atoms with Gasteiger partial charge in [0.25, 0.3) is 0 Å². The fraction of sp³-hybridized carbons (Fsp3) is 0.737. The fourth-order valence-corrected chi connectivity index (χ4v) is 7.98. The highest BCUT2D eigenvalue weighted by atomic mass is 16.7. The van der Waals surface area contributed by atoms with Crippen LogP contribution in [0.3, 0.4) is 0 Å². The number of nitrogens with one attached hydrogen (secondary N) is 1. The van der Waals surface area contributed by atoms with E-state index in [0.29, 0.717) is 6.42 Å². The summed E-state index contributed by atoms with van der Waals surface area (Å²) in [6.07, 6.45) is 57.8. The smallest absolute Gasteiger partial charge is 0.220 e. The molecule has 0 saturated carbocycles. The SMILES string of the molecule is CC/C=C\C/C=C\C/C=C\C/C=C\C/C=C\C/C=C\CCCCC(=O)NC(COC1OC(CO)C(O)C(O)C1O)C(O)/C=C/CCCCCCCCCCCCCCCCCCCCCC. The van der Waals surface area contributed by atoms with E-state index in [1.54, 1.807) is 6.08 Å².